The van der Waals surface area contributed by atoms with E-state index in [4.69, 9.17) is 4.74 Å². The molecule has 27 heavy (non-hydrogen) atoms. The first kappa shape index (κ1) is 18.9. The minimum absolute atomic E-state index is 0.179. The molecule has 3 rings (SSSR count). The van der Waals surface area contributed by atoms with Crippen LogP contribution in [0.3, 0.4) is 0 Å². The van der Waals surface area contributed by atoms with Gasteiger partial charge >= 0.3 is 11.8 Å². The molecule has 8 nitrogen and oxygen atoms in total. The highest BCUT2D eigenvalue weighted by Crippen LogP contribution is 2.24. The van der Waals surface area contributed by atoms with Gasteiger partial charge in [0.25, 0.3) is 0 Å². The summed E-state index contributed by atoms with van der Waals surface area (Å²) in [5, 5.41) is 12.6. The van der Waals surface area contributed by atoms with Crippen molar-refractivity contribution in [3.8, 4) is 5.75 Å². The smallest absolute Gasteiger partial charge is 0.311 e. The number of likely N-dealkylation sites (tertiary alicyclic amines) is 1. The van der Waals surface area contributed by atoms with Gasteiger partial charge in [0.15, 0.2) is 0 Å². The number of piperidine rings is 1. The number of imidazole rings is 1. The summed E-state index contributed by atoms with van der Waals surface area (Å²) in [5.74, 6) is -0.120. The Kier molecular flexibility index (Phi) is 5.75. The molecule has 1 fully saturated rings. The first-order valence-electron chi connectivity index (χ1n) is 8.88. The molecule has 2 N–H and O–H groups in total. The highest BCUT2D eigenvalue weighted by Gasteiger charge is 2.30. The lowest BCUT2D eigenvalue weighted by Crippen LogP contribution is -2.49. The number of aryl methyl sites for hydroxylation is 1. The van der Waals surface area contributed by atoms with Crippen LogP contribution in [0.1, 0.15) is 30.3 Å². The number of aliphatic hydroxyl groups is 1. The Hall–Kier alpha value is -2.87. The molecule has 1 aliphatic rings. The van der Waals surface area contributed by atoms with E-state index in [0.29, 0.717) is 31.0 Å². The Morgan fingerprint density at radius 3 is 2.89 bits per heavy atom. The number of aromatic nitrogens is 2. The van der Waals surface area contributed by atoms with Crippen molar-refractivity contribution < 1.29 is 19.4 Å². The zero-order chi connectivity index (χ0) is 19.4. The quantitative estimate of drug-likeness (QED) is 0.767. The molecule has 8 heteroatoms. The maximum Gasteiger partial charge on any atom is 0.311 e. The summed E-state index contributed by atoms with van der Waals surface area (Å²) in [5.41, 5.74) is 0.753. The molecule has 1 aromatic heterocycles. The van der Waals surface area contributed by atoms with E-state index in [1.54, 1.807) is 36.2 Å². The number of nitrogens with one attached hydrogen (secondary N) is 1. The molecule has 0 aliphatic carbocycles. The summed E-state index contributed by atoms with van der Waals surface area (Å²) in [4.78, 5) is 30.9. The summed E-state index contributed by atoms with van der Waals surface area (Å²) in [6.07, 6.45) is 4.15. The Balaban J connectivity index is 1.84. The van der Waals surface area contributed by atoms with Crippen molar-refractivity contribution in [2.45, 2.75) is 25.0 Å². The Labute approximate surface area is 157 Å². The van der Waals surface area contributed by atoms with Crippen LogP contribution in [-0.2, 0) is 16.6 Å². The number of nitrogens with zero attached hydrogens (tertiary/aromatic N) is 3. The first-order chi connectivity index (χ1) is 13.0. The van der Waals surface area contributed by atoms with Crippen LogP contribution >= 0.6 is 0 Å². The van der Waals surface area contributed by atoms with Gasteiger partial charge in [0.05, 0.1) is 13.2 Å². The molecule has 0 spiro atoms. The average molecular weight is 372 g/mol. The number of β-amino-alcohol motifs (C(OH)–C–C–N with tert-alkyl or cyclic N) is 1. The summed E-state index contributed by atoms with van der Waals surface area (Å²) in [6.45, 7) is 0.647. The average Bonchev–Trinajstić information content (AvgIpc) is 3.11. The zero-order valence-electron chi connectivity index (χ0n) is 15.5. The standard InChI is InChI=1S/C19H24N4O4/c1-22-10-8-20-17(22)16(13-5-3-7-15(11-13)27-2)21-18(25)19(26)23-9-4-6-14(24)12-23/h3,5,7-8,10-11,14,16,24H,4,6,9,12H2,1-2H3,(H,21,25). The van der Waals surface area contributed by atoms with Gasteiger partial charge in [0.2, 0.25) is 0 Å². The third-order valence-electron chi connectivity index (χ3n) is 4.70. The van der Waals surface area contributed by atoms with Crippen molar-refractivity contribution in [2.24, 2.45) is 7.05 Å². The van der Waals surface area contributed by atoms with Gasteiger partial charge in [-0.05, 0) is 30.5 Å². The SMILES string of the molecule is COc1cccc(C(NC(=O)C(=O)N2CCCC(O)C2)c2nccn2C)c1. The van der Waals surface area contributed by atoms with Crippen LogP contribution < -0.4 is 10.1 Å². The van der Waals surface area contributed by atoms with Crippen LogP contribution in [0, 0.1) is 0 Å². The number of carbonyl (C=O) groups is 2. The molecule has 144 valence electrons. The highest BCUT2D eigenvalue weighted by molar-refractivity contribution is 6.35. The molecular formula is C19H24N4O4. The van der Waals surface area contributed by atoms with E-state index in [-0.39, 0.29) is 6.54 Å². The van der Waals surface area contributed by atoms with Crippen LogP contribution in [0.5, 0.6) is 5.75 Å². The second-order valence-corrected chi connectivity index (χ2v) is 6.63. The summed E-state index contributed by atoms with van der Waals surface area (Å²) >= 11 is 0. The van der Waals surface area contributed by atoms with Crippen LogP contribution in [-0.4, -0.2) is 57.7 Å². The van der Waals surface area contributed by atoms with Gasteiger partial charge in [0, 0.05) is 32.5 Å². The number of benzene rings is 1. The lowest BCUT2D eigenvalue weighted by molar-refractivity contribution is -0.148. The lowest BCUT2D eigenvalue weighted by Gasteiger charge is -2.30. The van der Waals surface area contributed by atoms with Gasteiger partial charge in [-0.3, -0.25) is 9.59 Å². The van der Waals surface area contributed by atoms with Gasteiger partial charge in [-0.15, -0.1) is 0 Å². The monoisotopic (exact) mass is 372 g/mol. The summed E-state index contributed by atoms with van der Waals surface area (Å²) in [6, 6.07) is 6.66. The minimum atomic E-state index is -0.722. The molecule has 1 aromatic carbocycles. The minimum Gasteiger partial charge on any atom is -0.497 e. The van der Waals surface area contributed by atoms with Crippen molar-refractivity contribution in [3.63, 3.8) is 0 Å². The van der Waals surface area contributed by atoms with Crippen LogP contribution in [0.4, 0.5) is 0 Å². The van der Waals surface area contributed by atoms with Crippen molar-refractivity contribution in [1.82, 2.24) is 19.8 Å². The molecule has 0 saturated carbocycles. The summed E-state index contributed by atoms with van der Waals surface area (Å²) < 4.78 is 7.06. The van der Waals surface area contributed by atoms with E-state index in [2.05, 4.69) is 10.3 Å². The third kappa shape index (κ3) is 4.28. The van der Waals surface area contributed by atoms with Crippen molar-refractivity contribution in [2.75, 3.05) is 20.2 Å². The predicted octanol–water partition coefficient (Wildman–Crippen LogP) is 0.618. The van der Waals surface area contributed by atoms with Gasteiger partial charge in [-0.2, -0.15) is 0 Å². The maximum absolute atomic E-state index is 12.6. The molecule has 0 bridgehead atoms. The van der Waals surface area contributed by atoms with E-state index in [1.165, 1.54) is 4.90 Å². The van der Waals surface area contributed by atoms with Gasteiger partial charge in [-0.25, -0.2) is 4.98 Å². The molecule has 1 aliphatic heterocycles. The number of hydrogen-bond acceptors (Lipinski definition) is 5. The third-order valence-corrected chi connectivity index (χ3v) is 4.70. The second kappa shape index (κ2) is 8.22. The summed E-state index contributed by atoms with van der Waals surface area (Å²) in [7, 11) is 3.39. The molecule has 2 amide bonds. The van der Waals surface area contributed by atoms with E-state index in [0.717, 1.165) is 5.56 Å². The lowest BCUT2D eigenvalue weighted by atomic mass is 10.1. The van der Waals surface area contributed by atoms with E-state index in [9.17, 15) is 14.7 Å². The van der Waals surface area contributed by atoms with Crippen LogP contribution in [0.2, 0.25) is 0 Å². The fourth-order valence-corrected chi connectivity index (χ4v) is 3.25. The van der Waals surface area contributed by atoms with Crippen molar-refractivity contribution >= 4 is 11.8 Å². The molecule has 2 atom stereocenters. The number of amides is 2. The van der Waals surface area contributed by atoms with Gasteiger partial charge in [0.1, 0.15) is 17.6 Å². The number of rotatable bonds is 4. The van der Waals surface area contributed by atoms with Crippen molar-refractivity contribution in [3.05, 3.63) is 48.0 Å². The molecule has 0 radical (unpaired) electrons. The largest absolute Gasteiger partial charge is 0.497 e. The highest BCUT2D eigenvalue weighted by atomic mass is 16.5. The molecule has 2 heterocycles. The van der Waals surface area contributed by atoms with E-state index >= 15 is 0 Å². The number of aliphatic hydroxyl groups excluding tert-OH is 1. The van der Waals surface area contributed by atoms with E-state index < -0.39 is 24.0 Å². The Morgan fingerprint density at radius 1 is 1.41 bits per heavy atom. The second-order valence-electron chi connectivity index (χ2n) is 6.63. The van der Waals surface area contributed by atoms with Gasteiger partial charge in [-0.1, -0.05) is 12.1 Å². The number of carbonyl (C=O) groups excluding carboxylic acids is 2. The molecular weight excluding hydrogens is 348 g/mol. The fraction of sp³-hybridized carbons (Fsp3) is 0.421. The van der Waals surface area contributed by atoms with Crippen LogP contribution in [0.25, 0.3) is 0 Å². The Morgan fingerprint density at radius 2 is 2.22 bits per heavy atom. The maximum atomic E-state index is 12.6. The molecule has 1 saturated heterocycles. The normalized spacial score (nSPS) is 18.0. The fourth-order valence-electron chi connectivity index (χ4n) is 3.25. The number of methoxy groups -OCH3 is 1. The molecule has 2 aromatic rings. The van der Waals surface area contributed by atoms with Gasteiger partial charge < -0.3 is 24.6 Å². The first-order valence-corrected chi connectivity index (χ1v) is 8.88. The Bertz CT molecular complexity index is 820. The topological polar surface area (TPSA) is 96.7 Å². The molecule has 2 unspecified atom stereocenters. The van der Waals surface area contributed by atoms with E-state index in [1.807, 2.05) is 19.2 Å². The van der Waals surface area contributed by atoms with Crippen molar-refractivity contribution in [1.29, 1.82) is 0 Å². The zero-order valence-corrected chi connectivity index (χ0v) is 15.5. The number of hydrogen-bond donors (Lipinski definition) is 2. The predicted molar refractivity (Wildman–Crippen MR) is 98.0 cm³/mol. The van der Waals surface area contributed by atoms with Crippen LogP contribution in [0.15, 0.2) is 36.7 Å². The number of ether oxygens (including phenoxy) is 1.